The Morgan fingerprint density at radius 1 is 1.28 bits per heavy atom. The Balaban J connectivity index is 2.48. The van der Waals surface area contributed by atoms with E-state index in [4.69, 9.17) is 4.74 Å². The van der Waals surface area contributed by atoms with Crippen LogP contribution in [0.3, 0.4) is 0 Å². The fraction of sp³-hybridized carbons (Fsp3) is 0.316. The largest absolute Gasteiger partial charge is 0.497 e. The highest BCUT2D eigenvalue weighted by molar-refractivity contribution is 7.92. The number of nitrogens with one attached hydrogen (secondary N) is 1. The van der Waals surface area contributed by atoms with E-state index in [-0.39, 0.29) is 17.8 Å². The van der Waals surface area contributed by atoms with E-state index >= 15 is 0 Å². The maximum absolute atomic E-state index is 12.9. The van der Waals surface area contributed by atoms with Crippen LogP contribution in [0.2, 0.25) is 0 Å². The van der Waals surface area contributed by atoms with Gasteiger partial charge < -0.3 is 10.1 Å². The van der Waals surface area contributed by atoms with Crippen LogP contribution in [-0.4, -0.2) is 38.7 Å². The Hall–Kier alpha value is -3.14. The van der Waals surface area contributed by atoms with Gasteiger partial charge in [0.1, 0.15) is 11.8 Å². The molecule has 0 saturated carbocycles. The molecular weight excluding hydrogens is 398 g/mol. The van der Waals surface area contributed by atoms with Crippen molar-refractivity contribution in [2.24, 2.45) is 0 Å². The Kier molecular flexibility index (Phi) is 6.80. The Morgan fingerprint density at radius 2 is 1.97 bits per heavy atom. The molecule has 0 bridgehead atoms. The number of hydrogen-bond donors (Lipinski definition) is 1. The average molecular weight is 421 g/mol. The summed E-state index contributed by atoms with van der Waals surface area (Å²) in [6.45, 7) is 3.30. The summed E-state index contributed by atoms with van der Waals surface area (Å²) in [6.07, 6.45) is 1.12. The number of rotatable bonds is 8. The molecule has 1 N–H and O–H groups in total. The van der Waals surface area contributed by atoms with Crippen LogP contribution in [0.1, 0.15) is 18.9 Å². The first-order valence-electron chi connectivity index (χ1n) is 8.77. The van der Waals surface area contributed by atoms with Gasteiger partial charge in [0.05, 0.1) is 24.0 Å². The number of sulfonamides is 1. The Morgan fingerprint density at radius 3 is 2.52 bits per heavy atom. The van der Waals surface area contributed by atoms with Gasteiger partial charge in [-0.3, -0.25) is 19.2 Å². The van der Waals surface area contributed by atoms with E-state index in [1.54, 1.807) is 38.1 Å². The summed E-state index contributed by atoms with van der Waals surface area (Å²) < 4.78 is 31.2. The molecule has 9 nitrogen and oxygen atoms in total. The molecule has 29 heavy (non-hydrogen) atoms. The molecule has 0 fully saturated rings. The second-order valence-electron chi connectivity index (χ2n) is 6.43. The van der Waals surface area contributed by atoms with Gasteiger partial charge in [-0.25, -0.2) is 8.42 Å². The molecule has 0 spiro atoms. The second-order valence-corrected chi connectivity index (χ2v) is 8.29. The van der Waals surface area contributed by atoms with Crippen LogP contribution in [0.15, 0.2) is 42.5 Å². The number of benzene rings is 2. The first-order valence-corrected chi connectivity index (χ1v) is 10.6. The summed E-state index contributed by atoms with van der Waals surface area (Å²) in [4.78, 5) is 23.5. The third kappa shape index (κ3) is 5.23. The van der Waals surface area contributed by atoms with Crippen molar-refractivity contribution in [3.8, 4) is 5.75 Å². The lowest BCUT2D eigenvalue weighted by Crippen LogP contribution is -2.47. The van der Waals surface area contributed by atoms with Gasteiger partial charge in [0, 0.05) is 23.9 Å². The van der Waals surface area contributed by atoms with Crippen molar-refractivity contribution >= 4 is 33.0 Å². The summed E-state index contributed by atoms with van der Waals surface area (Å²) in [6, 6.07) is 9.46. The number of ether oxygens (including phenoxy) is 1. The number of methoxy groups -OCH3 is 1. The van der Waals surface area contributed by atoms with Crippen molar-refractivity contribution < 1.29 is 22.9 Å². The number of anilines is 2. The molecule has 1 unspecified atom stereocenters. The monoisotopic (exact) mass is 421 g/mol. The molecule has 156 valence electrons. The quantitative estimate of drug-likeness (QED) is 0.517. The fourth-order valence-electron chi connectivity index (χ4n) is 2.91. The van der Waals surface area contributed by atoms with E-state index in [9.17, 15) is 23.3 Å². The first-order chi connectivity index (χ1) is 13.6. The normalized spacial score (nSPS) is 12.1. The number of carbonyl (C=O) groups is 1. The molecule has 0 saturated heterocycles. The highest BCUT2D eigenvalue weighted by Gasteiger charge is 2.33. The van der Waals surface area contributed by atoms with E-state index in [0.29, 0.717) is 17.0 Å². The fourth-order valence-corrected chi connectivity index (χ4v) is 4.17. The minimum atomic E-state index is -3.92. The number of aryl methyl sites for hydroxylation is 1. The number of hydrogen-bond acceptors (Lipinski definition) is 6. The summed E-state index contributed by atoms with van der Waals surface area (Å²) in [5, 5.41) is 13.8. The zero-order chi connectivity index (χ0) is 21.8. The Bertz CT molecular complexity index is 1020. The minimum absolute atomic E-state index is 0.0920. The Labute approximate surface area is 169 Å². The lowest BCUT2D eigenvalue weighted by molar-refractivity contribution is -0.384. The number of nitrogens with zero attached hydrogens (tertiary/aromatic N) is 2. The van der Waals surface area contributed by atoms with Crippen LogP contribution in [0, 0.1) is 17.0 Å². The highest BCUT2D eigenvalue weighted by atomic mass is 32.2. The van der Waals surface area contributed by atoms with Gasteiger partial charge in [-0.1, -0.05) is 19.1 Å². The van der Waals surface area contributed by atoms with Gasteiger partial charge >= 0.3 is 0 Å². The number of nitro benzene ring substituents is 1. The van der Waals surface area contributed by atoms with Crippen molar-refractivity contribution in [1.29, 1.82) is 0 Å². The van der Waals surface area contributed by atoms with E-state index in [2.05, 4.69) is 5.32 Å². The molecule has 0 aromatic heterocycles. The van der Waals surface area contributed by atoms with Crippen LogP contribution in [0.25, 0.3) is 0 Å². The zero-order valence-corrected chi connectivity index (χ0v) is 17.4. The van der Waals surface area contributed by atoms with Crippen molar-refractivity contribution in [1.82, 2.24) is 0 Å². The van der Waals surface area contributed by atoms with Gasteiger partial charge in [-0.15, -0.1) is 0 Å². The van der Waals surface area contributed by atoms with Crippen LogP contribution in [0.5, 0.6) is 5.75 Å². The van der Waals surface area contributed by atoms with Crippen LogP contribution in [0.4, 0.5) is 17.1 Å². The van der Waals surface area contributed by atoms with Crippen molar-refractivity contribution in [3.05, 3.63) is 58.1 Å². The van der Waals surface area contributed by atoms with Crippen molar-refractivity contribution in [2.75, 3.05) is 23.0 Å². The van der Waals surface area contributed by atoms with Gasteiger partial charge in [0.15, 0.2) is 0 Å². The first kappa shape index (κ1) is 22.2. The lowest BCUT2D eigenvalue weighted by Gasteiger charge is -2.31. The highest BCUT2D eigenvalue weighted by Crippen LogP contribution is 2.30. The average Bonchev–Trinajstić information content (AvgIpc) is 2.65. The molecule has 0 aliphatic heterocycles. The molecule has 0 aliphatic carbocycles. The topological polar surface area (TPSA) is 119 Å². The molecule has 0 aliphatic rings. The molecule has 2 aromatic rings. The molecule has 10 heteroatoms. The van der Waals surface area contributed by atoms with Crippen LogP contribution < -0.4 is 14.4 Å². The third-order valence-corrected chi connectivity index (χ3v) is 5.47. The number of amides is 1. The van der Waals surface area contributed by atoms with Gasteiger partial charge in [-0.05, 0) is 31.0 Å². The van der Waals surface area contributed by atoms with Crippen molar-refractivity contribution in [3.63, 3.8) is 0 Å². The molecule has 0 radical (unpaired) electrons. The summed E-state index contributed by atoms with van der Waals surface area (Å²) in [5.41, 5.74) is 0.766. The molecule has 1 amide bonds. The number of carbonyl (C=O) groups excluding carboxylic acids is 1. The zero-order valence-electron chi connectivity index (χ0n) is 16.6. The summed E-state index contributed by atoms with van der Waals surface area (Å²) in [5.74, 6) is -0.0255. The summed E-state index contributed by atoms with van der Waals surface area (Å²) in [7, 11) is -2.43. The van der Waals surface area contributed by atoms with E-state index in [1.165, 1.54) is 19.2 Å². The SMILES string of the molecule is CCC(C(=O)Nc1cccc(OC)c1)N(c1cc([N+](=O)[O-])ccc1C)S(C)(=O)=O. The predicted octanol–water partition coefficient (Wildman–Crippen LogP) is 3.10. The maximum Gasteiger partial charge on any atom is 0.271 e. The van der Waals surface area contributed by atoms with Gasteiger partial charge in [0.2, 0.25) is 15.9 Å². The maximum atomic E-state index is 12.9. The standard InChI is InChI=1S/C19H23N3O6S/c1-5-17(19(23)20-14-7-6-8-16(11-14)28-3)21(29(4,26)27)18-12-15(22(24)25)10-9-13(18)2/h6-12,17H,5H2,1-4H3,(H,20,23). The number of nitro groups is 1. The third-order valence-electron chi connectivity index (χ3n) is 4.31. The molecule has 0 heterocycles. The predicted molar refractivity (Wildman–Crippen MR) is 111 cm³/mol. The van der Waals surface area contributed by atoms with Gasteiger partial charge in [-0.2, -0.15) is 0 Å². The van der Waals surface area contributed by atoms with E-state index in [1.807, 2.05) is 0 Å². The van der Waals surface area contributed by atoms with Gasteiger partial charge in [0.25, 0.3) is 5.69 Å². The molecule has 1 atom stereocenters. The minimum Gasteiger partial charge on any atom is -0.497 e. The molecular formula is C19H23N3O6S. The smallest absolute Gasteiger partial charge is 0.271 e. The lowest BCUT2D eigenvalue weighted by atomic mass is 10.1. The van der Waals surface area contributed by atoms with Crippen LogP contribution >= 0.6 is 0 Å². The second kappa shape index (κ2) is 8.91. The molecule has 2 rings (SSSR count). The van der Waals surface area contributed by atoms with E-state index in [0.717, 1.165) is 16.6 Å². The summed E-state index contributed by atoms with van der Waals surface area (Å²) >= 11 is 0. The number of non-ortho nitro benzene ring substituents is 1. The van der Waals surface area contributed by atoms with E-state index < -0.39 is 26.9 Å². The van der Waals surface area contributed by atoms with Crippen LogP contribution in [-0.2, 0) is 14.8 Å². The van der Waals surface area contributed by atoms with Crippen molar-refractivity contribution in [2.45, 2.75) is 26.3 Å². The molecule has 2 aromatic carbocycles.